The number of fused-ring (bicyclic) bond motifs is 4. The second-order valence-corrected chi connectivity index (χ2v) is 11.2. The standard InChI is InChI=1S/C30H21N2S.C6H7.2ClH.Zr/c1-20-16-22-18-23(31-15-14-21-8-2-3-9-25(21)31)19-28(24(22)17-20)32-26-10-4-6-12-29(26)33-30-13-7-5-11-27(30)32;1-6-4-2-3-5-6;;;/h2-19H,1H3;2,4H,3H2,1H3;2*1H;/q2*-1;;;+4/p-2. The molecule has 0 radical (unpaired) electrons. The maximum Gasteiger partial charge on any atom is 4.00 e. The summed E-state index contributed by atoms with van der Waals surface area (Å²) < 4.78 is 2.30. The van der Waals surface area contributed by atoms with Crippen molar-refractivity contribution in [1.82, 2.24) is 4.57 Å². The Kier molecular flexibility index (Phi) is 10.4. The molecule has 2 heterocycles. The van der Waals surface area contributed by atoms with E-state index in [4.69, 9.17) is 0 Å². The predicted molar refractivity (Wildman–Crippen MR) is 166 cm³/mol. The van der Waals surface area contributed by atoms with Crippen LogP contribution in [0.5, 0.6) is 0 Å². The van der Waals surface area contributed by atoms with Gasteiger partial charge in [0, 0.05) is 27.4 Å². The van der Waals surface area contributed by atoms with Gasteiger partial charge in [0.25, 0.3) is 0 Å². The van der Waals surface area contributed by atoms with Crippen molar-refractivity contribution in [3.63, 3.8) is 0 Å². The van der Waals surface area contributed by atoms with Crippen molar-refractivity contribution in [2.24, 2.45) is 0 Å². The normalized spacial score (nSPS) is 12.7. The topological polar surface area (TPSA) is 8.17 Å². The van der Waals surface area contributed by atoms with Gasteiger partial charge in [0.15, 0.2) is 0 Å². The summed E-state index contributed by atoms with van der Waals surface area (Å²) in [6, 6.07) is 37.5. The van der Waals surface area contributed by atoms with Crippen LogP contribution in [-0.2, 0) is 26.2 Å². The third-order valence-corrected chi connectivity index (χ3v) is 8.48. The van der Waals surface area contributed by atoms with Crippen LogP contribution in [0.1, 0.15) is 18.9 Å². The van der Waals surface area contributed by atoms with Crippen LogP contribution in [0.15, 0.2) is 137 Å². The molecule has 0 bridgehead atoms. The molecule has 0 spiro atoms. The first-order valence-electron chi connectivity index (χ1n) is 13.3. The summed E-state index contributed by atoms with van der Waals surface area (Å²) in [7, 11) is 0. The molecule has 5 aromatic carbocycles. The van der Waals surface area contributed by atoms with E-state index in [2.05, 4.69) is 151 Å². The molecule has 0 atom stereocenters. The summed E-state index contributed by atoms with van der Waals surface area (Å²) in [6.45, 7) is 4.24. The number of hydrogen-bond acceptors (Lipinski definition) is 2. The van der Waals surface area contributed by atoms with Crippen LogP contribution in [0.4, 0.5) is 17.1 Å². The maximum atomic E-state index is 3.12. The molecule has 0 saturated heterocycles. The summed E-state index contributed by atoms with van der Waals surface area (Å²) in [5, 5.41) is 3.80. The van der Waals surface area contributed by atoms with Crippen molar-refractivity contribution >= 4 is 50.5 Å². The Bertz CT molecular complexity index is 1870. The first-order valence-corrected chi connectivity index (χ1v) is 14.1. The van der Waals surface area contributed by atoms with E-state index in [0.717, 1.165) is 6.42 Å². The quantitative estimate of drug-likeness (QED) is 0.250. The van der Waals surface area contributed by atoms with Crippen molar-refractivity contribution in [3.05, 3.63) is 139 Å². The molecule has 0 fully saturated rings. The summed E-state index contributed by atoms with van der Waals surface area (Å²) in [4.78, 5) is 5.01. The van der Waals surface area contributed by atoms with Gasteiger partial charge in [-0.2, -0.15) is 12.1 Å². The van der Waals surface area contributed by atoms with E-state index >= 15 is 0 Å². The van der Waals surface area contributed by atoms with Crippen LogP contribution in [0.2, 0.25) is 0 Å². The molecule has 1 aliphatic carbocycles. The summed E-state index contributed by atoms with van der Waals surface area (Å²) in [5.41, 5.74) is 8.64. The van der Waals surface area contributed by atoms with Gasteiger partial charge in [-0.25, -0.2) is 11.6 Å². The molecule has 0 unspecified atom stereocenters. The SMILES string of the molecule is CC1=[C-]CC=C1.Cc1cc2c(N3c4ccccc4Sc4ccccc43)cc(-n3ccc4ccccc43)cc2[cH-]1.[Cl-].[Cl-].[Zr+4]. The minimum absolute atomic E-state index is 0. The molecule has 1 aromatic heterocycles. The van der Waals surface area contributed by atoms with Crippen LogP contribution in [0.25, 0.3) is 27.4 Å². The van der Waals surface area contributed by atoms with Crippen LogP contribution in [-0.4, -0.2) is 4.57 Å². The second kappa shape index (κ2) is 13.6. The van der Waals surface area contributed by atoms with Crippen LogP contribution in [0.3, 0.4) is 0 Å². The zero-order valence-corrected chi connectivity index (χ0v) is 28.1. The van der Waals surface area contributed by atoms with Gasteiger partial charge in [0.2, 0.25) is 0 Å². The largest absolute Gasteiger partial charge is 4.00 e. The molecule has 0 amide bonds. The first-order chi connectivity index (χ1) is 19.2. The Labute approximate surface area is 283 Å². The Morgan fingerprint density at radius 1 is 0.762 bits per heavy atom. The molecule has 6 heteroatoms. The van der Waals surface area contributed by atoms with E-state index in [1.165, 1.54) is 65.4 Å². The average molecular weight is 683 g/mol. The van der Waals surface area contributed by atoms with Gasteiger partial charge in [0.05, 0.1) is 16.9 Å². The van der Waals surface area contributed by atoms with E-state index in [1.807, 2.05) is 11.8 Å². The van der Waals surface area contributed by atoms with Gasteiger partial charge < -0.3 is 34.3 Å². The van der Waals surface area contributed by atoms with Gasteiger partial charge in [-0.05, 0) is 47.9 Å². The smallest absolute Gasteiger partial charge is 1.00 e. The average Bonchev–Trinajstić information content (AvgIpc) is 3.71. The predicted octanol–water partition coefficient (Wildman–Crippen LogP) is 4.45. The molecular formula is C36H28Cl2N2SZr. The minimum Gasteiger partial charge on any atom is -1.00 e. The number of anilines is 3. The van der Waals surface area contributed by atoms with Gasteiger partial charge in [-0.3, -0.25) is 6.08 Å². The van der Waals surface area contributed by atoms with Crippen molar-refractivity contribution in [2.75, 3.05) is 4.90 Å². The molecule has 8 rings (SSSR count). The number of benzene rings is 4. The minimum atomic E-state index is 0. The van der Waals surface area contributed by atoms with E-state index in [-0.39, 0.29) is 51.0 Å². The van der Waals surface area contributed by atoms with Crippen molar-refractivity contribution < 1.29 is 51.0 Å². The molecule has 0 N–H and O–H groups in total. The van der Waals surface area contributed by atoms with E-state index < -0.39 is 0 Å². The third kappa shape index (κ3) is 5.96. The zero-order valence-electron chi connectivity index (χ0n) is 23.3. The number of nitrogens with zero attached hydrogens (tertiary/aromatic N) is 2. The number of rotatable bonds is 2. The van der Waals surface area contributed by atoms with Crippen LogP contribution >= 0.6 is 11.8 Å². The molecule has 206 valence electrons. The summed E-state index contributed by atoms with van der Waals surface area (Å²) in [5.74, 6) is 0. The van der Waals surface area contributed by atoms with Crippen LogP contribution < -0.4 is 29.7 Å². The van der Waals surface area contributed by atoms with Crippen molar-refractivity contribution in [3.8, 4) is 5.69 Å². The third-order valence-electron chi connectivity index (χ3n) is 7.35. The molecule has 2 nitrogen and oxygen atoms in total. The number of aromatic nitrogens is 1. The Balaban J connectivity index is 0.000000405. The maximum absolute atomic E-state index is 3.12. The Morgan fingerprint density at radius 2 is 1.43 bits per heavy atom. The Morgan fingerprint density at radius 3 is 2.07 bits per heavy atom. The van der Waals surface area contributed by atoms with Crippen LogP contribution in [0, 0.1) is 13.0 Å². The number of halogens is 2. The van der Waals surface area contributed by atoms with Gasteiger partial charge in [0.1, 0.15) is 0 Å². The molecule has 2 aliphatic rings. The number of aryl methyl sites for hydroxylation is 1. The van der Waals surface area contributed by atoms with Crippen molar-refractivity contribution in [1.29, 1.82) is 0 Å². The van der Waals surface area contributed by atoms with E-state index in [1.54, 1.807) is 0 Å². The van der Waals surface area contributed by atoms with E-state index in [9.17, 15) is 0 Å². The molecule has 0 saturated carbocycles. The zero-order chi connectivity index (χ0) is 26.3. The number of hydrogen-bond donors (Lipinski definition) is 0. The molecular weight excluding hydrogens is 655 g/mol. The Hall–Kier alpha value is -2.88. The fraction of sp³-hybridized carbons (Fsp3) is 0.0833. The van der Waals surface area contributed by atoms with Gasteiger partial charge >= 0.3 is 26.2 Å². The first kappa shape index (κ1) is 32.0. The fourth-order valence-corrected chi connectivity index (χ4v) is 6.60. The molecule has 1 aliphatic heterocycles. The van der Waals surface area contributed by atoms with Gasteiger partial charge in [-0.1, -0.05) is 68.1 Å². The van der Waals surface area contributed by atoms with E-state index in [0.29, 0.717) is 0 Å². The fourth-order valence-electron chi connectivity index (χ4n) is 5.55. The summed E-state index contributed by atoms with van der Waals surface area (Å²) in [6.07, 6.45) is 10.5. The monoisotopic (exact) mass is 680 g/mol. The molecule has 6 aromatic rings. The number of para-hydroxylation sites is 3. The van der Waals surface area contributed by atoms with Crippen molar-refractivity contribution in [2.45, 2.75) is 30.1 Å². The number of allylic oxidation sites excluding steroid dienone is 4. The summed E-state index contributed by atoms with van der Waals surface area (Å²) >= 11 is 1.85. The molecule has 42 heavy (non-hydrogen) atoms. The van der Waals surface area contributed by atoms with Gasteiger partial charge in [-0.15, -0.1) is 34.9 Å². The second-order valence-electron chi connectivity index (χ2n) is 10.1.